The lowest BCUT2D eigenvalue weighted by atomic mass is 9.79. The summed E-state index contributed by atoms with van der Waals surface area (Å²) in [5.74, 6) is 0.793. The molecule has 1 saturated carbocycles. The molecule has 0 spiro atoms. The smallest absolute Gasteiger partial charge is 0.115 e. The lowest BCUT2D eigenvalue weighted by molar-refractivity contribution is 0.419. The summed E-state index contributed by atoms with van der Waals surface area (Å²) in [5.41, 5.74) is 3.88. The molecule has 1 fully saturated rings. The highest BCUT2D eigenvalue weighted by molar-refractivity contribution is 5.33. The summed E-state index contributed by atoms with van der Waals surface area (Å²) in [4.78, 5) is 8.26. The summed E-state index contributed by atoms with van der Waals surface area (Å²) in [6.07, 6.45) is 9.44. The zero-order valence-corrected chi connectivity index (χ0v) is 11.9. The van der Waals surface area contributed by atoms with E-state index in [1.54, 1.807) is 6.33 Å². The van der Waals surface area contributed by atoms with Gasteiger partial charge in [-0.1, -0.05) is 37.6 Å². The molecule has 2 aromatic rings. The molecular formula is C17H21N3. The van der Waals surface area contributed by atoms with Crippen molar-refractivity contribution in [3.8, 4) is 0 Å². The molecule has 1 atom stereocenters. The summed E-state index contributed by atoms with van der Waals surface area (Å²) < 4.78 is 0. The predicted octanol–water partition coefficient (Wildman–Crippen LogP) is 3.44. The maximum absolute atomic E-state index is 4.13. The van der Waals surface area contributed by atoms with E-state index in [0.29, 0.717) is 0 Å². The van der Waals surface area contributed by atoms with Gasteiger partial charge < -0.3 is 5.32 Å². The first-order valence-electron chi connectivity index (χ1n) is 7.46. The van der Waals surface area contributed by atoms with Gasteiger partial charge in [0.2, 0.25) is 0 Å². The molecule has 3 nitrogen and oxygen atoms in total. The molecule has 104 valence electrons. The standard InChI is InChI=1S/C17H21N3/c1-2-20-17(16-10-18-12-19-11-16)15-8-6-14(7-9-15)13-4-3-5-13/h6-13,17,20H,2-5H2,1H3. The third-order valence-corrected chi connectivity index (χ3v) is 4.17. The van der Waals surface area contributed by atoms with Gasteiger partial charge in [0.15, 0.2) is 0 Å². The van der Waals surface area contributed by atoms with E-state index >= 15 is 0 Å². The Bertz CT molecular complexity index is 532. The van der Waals surface area contributed by atoms with Crippen LogP contribution in [-0.2, 0) is 0 Å². The van der Waals surface area contributed by atoms with Gasteiger partial charge in [0.05, 0.1) is 6.04 Å². The number of rotatable bonds is 5. The molecule has 20 heavy (non-hydrogen) atoms. The summed E-state index contributed by atoms with van der Waals surface area (Å²) in [6, 6.07) is 9.24. The lowest BCUT2D eigenvalue weighted by Crippen LogP contribution is -2.22. The number of hydrogen-bond donors (Lipinski definition) is 1. The van der Waals surface area contributed by atoms with Crippen LogP contribution in [0.25, 0.3) is 0 Å². The van der Waals surface area contributed by atoms with Crippen LogP contribution in [0.2, 0.25) is 0 Å². The normalized spacial score (nSPS) is 16.6. The van der Waals surface area contributed by atoms with Gasteiger partial charge in [-0.25, -0.2) is 9.97 Å². The van der Waals surface area contributed by atoms with E-state index < -0.39 is 0 Å². The second-order valence-corrected chi connectivity index (χ2v) is 5.46. The molecule has 1 heterocycles. The van der Waals surface area contributed by atoms with Gasteiger partial charge in [0, 0.05) is 18.0 Å². The number of aromatic nitrogens is 2. The second kappa shape index (κ2) is 6.14. The van der Waals surface area contributed by atoms with Crippen molar-refractivity contribution in [1.29, 1.82) is 0 Å². The molecule has 0 saturated heterocycles. The van der Waals surface area contributed by atoms with Crippen molar-refractivity contribution in [2.45, 2.75) is 38.1 Å². The van der Waals surface area contributed by atoms with E-state index in [2.05, 4.69) is 46.5 Å². The van der Waals surface area contributed by atoms with Crippen LogP contribution in [0, 0.1) is 0 Å². The van der Waals surface area contributed by atoms with Crippen LogP contribution in [0.5, 0.6) is 0 Å². The van der Waals surface area contributed by atoms with Crippen LogP contribution in [0.4, 0.5) is 0 Å². The van der Waals surface area contributed by atoms with Gasteiger partial charge in [-0.3, -0.25) is 0 Å². The van der Waals surface area contributed by atoms with Gasteiger partial charge in [0.25, 0.3) is 0 Å². The van der Waals surface area contributed by atoms with Crippen molar-refractivity contribution in [3.63, 3.8) is 0 Å². The van der Waals surface area contributed by atoms with Gasteiger partial charge in [-0.2, -0.15) is 0 Å². The van der Waals surface area contributed by atoms with Crippen molar-refractivity contribution in [1.82, 2.24) is 15.3 Å². The van der Waals surface area contributed by atoms with Gasteiger partial charge >= 0.3 is 0 Å². The Kier molecular flexibility index (Phi) is 4.07. The van der Waals surface area contributed by atoms with Crippen molar-refractivity contribution < 1.29 is 0 Å². The molecule has 1 aliphatic rings. The Morgan fingerprint density at radius 1 is 1.10 bits per heavy atom. The van der Waals surface area contributed by atoms with E-state index in [-0.39, 0.29) is 6.04 Å². The molecule has 0 bridgehead atoms. The van der Waals surface area contributed by atoms with Crippen LogP contribution >= 0.6 is 0 Å². The van der Waals surface area contributed by atoms with Gasteiger partial charge in [-0.05, 0) is 36.4 Å². The fraction of sp³-hybridized carbons (Fsp3) is 0.412. The third-order valence-electron chi connectivity index (χ3n) is 4.17. The van der Waals surface area contributed by atoms with Gasteiger partial charge in [0.1, 0.15) is 6.33 Å². The first-order valence-corrected chi connectivity index (χ1v) is 7.46. The minimum absolute atomic E-state index is 0.177. The van der Waals surface area contributed by atoms with E-state index in [0.717, 1.165) is 18.0 Å². The first kappa shape index (κ1) is 13.3. The zero-order valence-electron chi connectivity index (χ0n) is 11.9. The maximum atomic E-state index is 4.13. The van der Waals surface area contributed by atoms with Crippen LogP contribution in [0.15, 0.2) is 43.0 Å². The summed E-state index contributed by atoms with van der Waals surface area (Å²) in [5, 5.41) is 3.51. The van der Waals surface area contributed by atoms with Crippen LogP contribution < -0.4 is 5.32 Å². The topological polar surface area (TPSA) is 37.8 Å². The average Bonchev–Trinajstić information content (AvgIpc) is 2.45. The predicted molar refractivity (Wildman–Crippen MR) is 80.6 cm³/mol. The molecule has 1 aromatic carbocycles. The quantitative estimate of drug-likeness (QED) is 0.901. The van der Waals surface area contributed by atoms with Crippen molar-refractivity contribution in [2.75, 3.05) is 6.54 Å². The molecule has 1 aromatic heterocycles. The summed E-state index contributed by atoms with van der Waals surface area (Å²) >= 11 is 0. The van der Waals surface area contributed by atoms with Crippen LogP contribution in [0.1, 0.15) is 54.8 Å². The first-order chi connectivity index (χ1) is 9.88. The Morgan fingerprint density at radius 2 is 1.80 bits per heavy atom. The SMILES string of the molecule is CCNC(c1ccc(C2CCC2)cc1)c1cncnc1. The van der Waals surface area contributed by atoms with Crippen molar-refractivity contribution >= 4 is 0 Å². The molecule has 1 unspecified atom stereocenters. The zero-order chi connectivity index (χ0) is 13.8. The molecule has 3 rings (SSSR count). The Morgan fingerprint density at radius 3 is 2.35 bits per heavy atom. The molecule has 1 aliphatic carbocycles. The summed E-state index contributed by atoms with van der Waals surface area (Å²) in [6.45, 7) is 3.05. The van der Waals surface area contributed by atoms with Crippen molar-refractivity contribution in [2.24, 2.45) is 0 Å². The number of nitrogens with zero attached hydrogens (tertiary/aromatic N) is 2. The number of nitrogens with one attached hydrogen (secondary N) is 1. The number of hydrogen-bond acceptors (Lipinski definition) is 3. The minimum atomic E-state index is 0.177. The summed E-state index contributed by atoms with van der Waals surface area (Å²) in [7, 11) is 0. The third kappa shape index (κ3) is 2.73. The molecule has 3 heteroatoms. The fourth-order valence-electron chi connectivity index (χ4n) is 2.79. The Labute approximate surface area is 120 Å². The highest BCUT2D eigenvalue weighted by atomic mass is 14.9. The molecule has 0 amide bonds. The van der Waals surface area contributed by atoms with E-state index in [1.165, 1.54) is 30.4 Å². The van der Waals surface area contributed by atoms with E-state index in [1.807, 2.05) is 12.4 Å². The van der Waals surface area contributed by atoms with E-state index in [9.17, 15) is 0 Å². The molecule has 0 radical (unpaired) electrons. The Hall–Kier alpha value is -1.74. The highest BCUT2D eigenvalue weighted by Gasteiger charge is 2.20. The second-order valence-electron chi connectivity index (χ2n) is 5.46. The minimum Gasteiger partial charge on any atom is -0.306 e. The highest BCUT2D eigenvalue weighted by Crippen LogP contribution is 2.36. The largest absolute Gasteiger partial charge is 0.306 e. The van der Waals surface area contributed by atoms with Crippen LogP contribution in [0.3, 0.4) is 0 Å². The fourth-order valence-corrected chi connectivity index (χ4v) is 2.79. The maximum Gasteiger partial charge on any atom is 0.115 e. The van der Waals surface area contributed by atoms with E-state index in [4.69, 9.17) is 0 Å². The molecule has 0 aliphatic heterocycles. The van der Waals surface area contributed by atoms with Crippen LogP contribution in [-0.4, -0.2) is 16.5 Å². The lowest BCUT2D eigenvalue weighted by Gasteiger charge is -2.26. The average molecular weight is 267 g/mol. The monoisotopic (exact) mass is 267 g/mol. The number of benzene rings is 1. The van der Waals surface area contributed by atoms with Crippen molar-refractivity contribution in [3.05, 3.63) is 59.7 Å². The molecular weight excluding hydrogens is 246 g/mol. The Balaban J connectivity index is 1.83. The molecule has 1 N–H and O–H groups in total. The van der Waals surface area contributed by atoms with Gasteiger partial charge in [-0.15, -0.1) is 0 Å².